The minimum absolute atomic E-state index is 0.0786. The summed E-state index contributed by atoms with van der Waals surface area (Å²) in [7, 11) is 1.65. The highest BCUT2D eigenvalue weighted by molar-refractivity contribution is 5.74. The molecule has 0 unspecified atom stereocenters. The van der Waals surface area contributed by atoms with Gasteiger partial charge in [-0.25, -0.2) is 9.78 Å². The van der Waals surface area contributed by atoms with Crippen LogP contribution in [0, 0.1) is 0 Å². The first kappa shape index (κ1) is 17.3. The van der Waals surface area contributed by atoms with E-state index >= 15 is 0 Å². The number of aromatic nitrogens is 2. The van der Waals surface area contributed by atoms with Gasteiger partial charge in [0.1, 0.15) is 18.2 Å². The van der Waals surface area contributed by atoms with Crippen molar-refractivity contribution in [2.45, 2.75) is 39.1 Å². The Bertz CT molecular complexity index is 742. The third-order valence-corrected chi connectivity index (χ3v) is 4.00. The number of carbonyl (C=O) groups is 1. The minimum atomic E-state index is -0.176. The zero-order valence-electron chi connectivity index (χ0n) is 14.8. The summed E-state index contributed by atoms with van der Waals surface area (Å²) in [5.41, 5.74) is 1.82. The smallest absolute Gasteiger partial charge is 0.315 e. The van der Waals surface area contributed by atoms with Crippen LogP contribution >= 0.6 is 0 Å². The Morgan fingerprint density at radius 3 is 3.00 bits per heavy atom. The average Bonchev–Trinajstić information content (AvgIpc) is 3.02. The Hall–Kier alpha value is -2.54. The van der Waals surface area contributed by atoms with E-state index in [1.807, 2.05) is 44.3 Å². The van der Waals surface area contributed by atoms with Crippen molar-refractivity contribution >= 4 is 6.03 Å². The lowest BCUT2D eigenvalue weighted by molar-refractivity contribution is 0.00442. The van der Waals surface area contributed by atoms with E-state index in [0.717, 1.165) is 22.8 Å². The van der Waals surface area contributed by atoms with Crippen LogP contribution in [0.25, 0.3) is 11.3 Å². The number of benzene rings is 1. The minimum Gasteiger partial charge on any atom is -0.496 e. The Kier molecular flexibility index (Phi) is 5.23. The summed E-state index contributed by atoms with van der Waals surface area (Å²) in [5.74, 6) is 1.67. The van der Waals surface area contributed by atoms with Gasteiger partial charge in [0.15, 0.2) is 0 Å². The molecule has 0 saturated heterocycles. The fourth-order valence-electron chi connectivity index (χ4n) is 2.82. The molecule has 0 radical (unpaired) electrons. The van der Waals surface area contributed by atoms with Crippen molar-refractivity contribution in [3.63, 3.8) is 0 Å². The molecular weight excluding hydrogens is 320 g/mol. The van der Waals surface area contributed by atoms with Gasteiger partial charge in [0.2, 0.25) is 0 Å². The van der Waals surface area contributed by atoms with Gasteiger partial charge in [-0.2, -0.15) is 0 Å². The topological polar surface area (TPSA) is 77.4 Å². The molecule has 134 valence electrons. The largest absolute Gasteiger partial charge is 0.496 e. The molecule has 0 bridgehead atoms. The first-order valence-corrected chi connectivity index (χ1v) is 8.42. The fourth-order valence-corrected chi connectivity index (χ4v) is 2.82. The summed E-state index contributed by atoms with van der Waals surface area (Å²) in [6.45, 7) is 5.38. The van der Waals surface area contributed by atoms with Gasteiger partial charge in [0.25, 0.3) is 0 Å². The van der Waals surface area contributed by atoms with E-state index < -0.39 is 0 Å². The quantitative estimate of drug-likeness (QED) is 0.871. The fraction of sp³-hybridized carbons (Fsp3) is 0.444. The maximum atomic E-state index is 11.7. The van der Waals surface area contributed by atoms with E-state index in [0.29, 0.717) is 19.7 Å². The van der Waals surface area contributed by atoms with Crippen LogP contribution in [0.1, 0.15) is 19.7 Å². The molecule has 1 aromatic heterocycles. The highest BCUT2D eigenvalue weighted by Gasteiger charge is 2.22. The monoisotopic (exact) mass is 344 g/mol. The first-order valence-electron chi connectivity index (χ1n) is 8.42. The van der Waals surface area contributed by atoms with Crippen molar-refractivity contribution < 1.29 is 14.3 Å². The van der Waals surface area contributed by atoms with Crippen LogP contribution in [-0.4, -0.2) is 41.4 Å². The van der Waals surface area contributed by atoms with Gasteiger partial charge in [0, 0.05) is 24.3 Å². The molecule has 1 aromatic carbocycles. The highest BCUT2D eigenvalue weighted by Crippen LogP contribution is 2.29. The molecule has 1 aliphatic rings. The maximum Gasteiger partial charge on any atom is 0.315 e. The highest BCUT2D eigenvalue weighted by atomic mass is 16.5. The molecule has 2 aromatic rings. The number of nitrogens with one attached hydrogen (secondary N) is 2. The van der Waals surface area contributed by atoms with Gasteiger partial charge < -0.3 is 24.7 Å². The predicted molar refractivity (Wildman–Crippen MR) is 94.5 cm³/mol. The van der Waals surface area contributed by atoms with Crippen LogP contribution in [0.4, 0.5) is 4.79 Å². The Morgan fingerprint density at radius 1 is 1.44 bits per heavy atom. The number of para-hydroxylation sites is 1. The normalized spacial score (nSPS) is 16.4. The van der Waals surface area contributed by atoms with Gasteiger partial charge >= 0.3 is 6.03 Å². The molecular formula is C18H24N4O3. The maximum absolute atomic E-state index is 11.7. The Morgan fingerprint density at radius 2 is 2.24 bits per heavy atom. The second-order valence-corrected chi connectivity index (χ2v) is 6.34. The van der Waals surface area contributed by atoms with Crippen LogP contribution in [0.15, 0.2) is 30.5 Å². The molecule has 25 heavy (non-hydrogen) atoms. The number of fused-ring (bicyclic) bond motifs is 1. The average molecular weight is 344 g/mol. The predicted octanol–water partition coefficient (Wildman–Crippen LogP) is 2.17. The molecule has 1 aliphatic heterocycles. The molecule has 7 heteroatoms. The number of nitrogens with zero attached hydrogens (tertiary/aromatic N) is 2. The van der Waals surface area contributed by atoms with E-state index in [4.69, 9.17) is 9.47 Å². The lowest BCUT2D eigenvalue weighted by Crippen LogP contribution is -2.44. The van der Waals surface area contributed by atoms with Gasteiger partial charge in [0.05, 0.1) is 25.5 Å². The van der Waals surface area contributed by atoms with Crippen LogP contribution < -0.4 is 15.4 Å². The number of amides is 2. The number of urea groups is 1. The number of imidazole rings is 1. The molecule has 2 N–H and O–H groups in total. The SMILES string of the molecule is COc1ccccc1-c1cn2c(n1)CO[C@@H](CNC(=O)NC(C)C)C2. The van der Waals surface area contributed by atoms with Crippen molar-refractivity contribution in [2.75, 3.05) is 13.7 Å². The van der Waals surface area contributed by atoms with Crippen LogP contribution in [0.5, 0.6) is 5.75 Å². The lowest BCUT2D eigenvalue weighted by atomic mass is 10.1. The molecule has 0 aliphatic carbocycles. The zero-order chi connectivity index (χ0) is 17.8. The second-order valence-electron chi connectivity index (χ2n) is 6.34. The third-order valence-electron chi connectivity index (χ3n) is 4.00. The van der Waals surface area contributed by atoms with Crippen molar-refractivity contribution in [1.82, 2.24) is 20.2 Å². The van der Waals surface area contributed by atoms with E-state index in [2.05, 4.69) is 20.2 Å². The molecule has 2 amide bonds. The van der Waals surface area contributed by atoms with Gasteiger partial charge in [-0.05, 0) is 26.0 Å². The van der Waals surface area contributed by atoms with Crippen LogP contribution in [-0.2, 0) is 17.9 Å². The van der Waals surface area contributed by atoms with Gasteiger partial charge in [-0.1, -0.05) is 12.1 Å². The summed E-state index contributed by atoms with van der Waals surface area (Å²) in [5, 5.41) is 5.64. The molecule has 3 rings (SSSR count). The van der Waals surface area contributed by atoms with Crippen LogP contribution in [0.2, 0.25) is 0 Å². The number of methoxy groups -OCH3 is 1. The van der Waals surface area contributed by atoms with E-state index in [1.165, 1.54) is 0 Å². The summed E-state index contributed by atoms with van der Waals surface area (Å²) >= 11 is 0. The molecule has 7 nitrogen and oxygen atoms in total. The summed E-state index contributed by atoms with van der Waals surface area (Å²) in [4.78, 5) is 16.3. The summed E-state index contributed by atoms with van der Waals surface area (Å²) < 4.78 is 13.3. The number of hydrogen-bond acceptors (Lipinski definition) is 4. The summed E-state index contributed by atoms with van der Waals surface area (Å²) in [6.07, 6.45) is 1.93. The first-order chi connectivity index (χ1) is 12.1. The number of rotatable bonds is 5. The van der Waals surface area contributed by atoms with Crippen LogP contribution in [0.3, 0.4) is 0 Å². The molecule has 1 atom stereocenters. The molecule has 2 heterocycles. The van der Waals surface area contributed by atoms with Gasteiger partial charge in [-0.15, -0.1) is 0 Å². The number of ether oxygens (including phenoxy) is 2. The van der Waals surface area contributed by atoms with Crippen molar-refractivity contribution in [1.29, 1.82) is 0 Å². The third kappa shape index (κ3) is 4.11. The zero-order valence-corrected chi connectivity index (χ0v) is 14.8. The van der Waals surface area contributed by atoms with E-state index in [1.54, 1.807) is 7.11 Å². The lowest BCUT2D eigenvalue weighted by Gasteiger charge is -2.24. The molecule has 0 fully saturated rings. The van der Waals surface area contributed by atoms with Crippen molar-refractivity contribution in [3.05, 3.63) is 36.3 Å². The Balaban J connectivity index is 1.66. The summed E-state index contributed by atoms with van der Waals surface area (Å²) in [6, 6.07) is 7.74. The van der Waals surface area contributed by atoms with E-state index in [-0.39, 0.29) is 18.2 Å². The number of hydrogen-bond donors (Lipinski definition) is 2. The number of carbonyl (C=O) groups excluding carboxylic acids is 1. The standard InChI is InChI=1S/C18H24N4O3/c1-12(2)20-18(23)19-8-13-9-22-10-15(21-17(22)11-25-13)14-6-4-5-7-16(14)24-3/h4-7,10,12-13H,8-9,11H2,1-3H3,(H2,19,20,23)/t13-/m0/s1. The van der Waals surface area contributed by atoms with Crippen molar-refractivity contribution in [2.24, 2.45) is 0 Å². The Labute approximate surface area is 147 Å². The second kappa shape index (κ2) is 7.57. The molecule has 0 saturated carbocycles. The van der Waals surface area contributed by atoms with Crippen molar-refractivity contribution in [3.8, 4) is 17.0 Å². The molecule has 0 spiro atoms. The van der Waals surface area contributed by atoms with Gasteiger partial charge in [-0.3, -0.25) is 0 Å². The van der Waals surface area contributed by atoms with E-state index in [9.17, 15) is 4.79 Å².